The van der Waals surface area contributed by atoms with Crippen molar-refractivity contribution in [1.29, 1.82) is 0 Å². The molecule has 18 heteroatoms. The summed E-state index contributed by atoms with van der Waals surface area (Å²) in [5.74, 6) is -3.11. The van der Waals surface area contributed by atoms with Gasteiger partial charge >= 0.3 is 0 Å². The maximum atomic E-state index is 12.5. The van der Waals surface area contributed by atoms with Crippen LogP contribution in [0.1, 0.15) is 41.7 Å². The summed E-state index contributed by atoms with van der Waals surface area (Å²) in [5, 5.41) is 30.3. The minimum atomic E-state index is -1.08. The third kappa shape index (κ3) is 8.64. The van der Waals surface area contributed by atoms with Gasteiger partial charge < -0.3 is 42.2 Å². The third-order valence-electron chi connectivity index (χ3n) is 6.01. The number of carbonyl (C=O) groups is 4. The molecule has 4 aliphatic heterocycles. The monoisotopic (exact) mass is 639 g/mol. The molecule has 4 bridgehead atoms. The Morgan fingerprint density at radius 3 is 1.48 bits per heavy atom. The largest absolute Gasteiger partial charge is 0.425 e. The smallest absolute Gasteiger partial charge is 0.296 e. The standard InChI is InChI=1S/C24H32N8O9.Cu/c25-5-10-30-11-6-26-19(33)15-1-3-17(31(39)23(15)37)21(35)28-8-13-41-14-9-29-22(36)18-4-2-16(24(38)32(18)40)20(34)27-7-12-30;/h1-4,39-40H,5-14,25H2,(H,26,33)(H,27,34)(H,28,35)(H,29,36);. The number of nitrogens with one attached hydrogen (secondary N) is 4. The Morgan fingerprint density at radius 2 is 1.07 bits per heavy atom. The van der Waals surface area contributed by atoms with Gasteiger partial charge in [0.1, 0.15) is 22.5 Å². The van der Waals surface area contributed by atoms with E-state index in [9.17, 15) is 39.2 Å². The Bertz CT molecular complexity index is 1310. The number of nitrogens with zero attached hydrogens (tertiary/aromatic N) is 3. The van der Waals surface area contributed by atoms with Gasteiger partial charge in [0.15, 0.2) is 0 Å². The van der Waals surface area contributed by atoms with Gasteiger partial charge in [0.2, 0.25) is 0 Å². The average molecular weight is 640 g/mol. The van der Waals surface area contributed by atoms with Gasteiger partial charge in [-0.05, 0) is 24.3 Å². The van der Waals surface area contributed by atoms with Crippen molar-refractivity contribution in [1.82, 2.24) is 35.6 Å². The van der Waals surface area contributed by atoms with Gasteiger partial charge in [0.05, 0.1) is 13.2 Å². The second-order valence-corrected chi connectivity index (χ2v) is 8.76. The molecule has 4 aliphatic rings. The molecule has 2 aromatic heterocycles. The first-order chi connectivity index (χ1) is 19.6. The Labute approximate surface area is 249 Å². The summed E-state index contributed by atoms with van der Waals surface area (Å²) in [4.78, 5) is 76.6. The predicted molar refractivity (Wildman–Crippen MR) is 141 cm³/mol. The summed E-state index contributed by atoms with van der Waals surface area (Å²) in [6, 6.07) is 4.51. The molecule has 233 valence electrons. The minimum absolute atomic E-state index is 0. The molecule has 2 aromatic rings. The Morgan fingerprint density at radius 1 is 0.667 bits per heavy atom. The molecular formula is C24H32CuN8O9. The summed E-state index contributed by atoms with van der Waals surface area (Å²) < 4.78 is 5.47. The summed E-state index contributed by atoms with van der Waals surface area (Å²) in [5.41, 5.74) is 1.94. The van der Waals surface area contributed by atoms with Crippen LogP contribution in [0.25, 0.3) is 0 Å². The Kier molecular flexibility index (Phi) is 13.2. The summed E-state index contributed by atoms with van der Waals surface area (Å²) >= 11 is 0. The van der Waals surface area contributed by atoms with Crippen LogP contribution in [0.2, 0.25) is 0 Å². The zero-order valence-corrected chi connectivity index (χ0v) is 23.3. The molecule has 6 rings (SSSR count). The van der Waals surface area contributed by atoms with E-state index < -0.39 is 46.1 Å². The number of rotatable bonds is 2. The number of carbonyl (C=O) groups excluding carboxylic acids is 4. The second-order valence-electron chi connectivity index (χ2n) is 8.76. The Balaban J connectivity index is 0.00000616. The summed E-state index contributed by atoms with van der Waals surface area (Å²) in [7, 11) is 0. The van der Waals surface area contributed by atoms with Crippen molar-refractivity contribution in [3.8, 4) is 0 Å². The van der Waals surface area contributed by atoms with Crippen molar-refractivity contribution in [2.24, 2.45) is 5.73 Å². The molecule has 0 saturated heterocycles. The number of hydrogen-bond acceptors (Lipinski definition) is 11. The van der Waals surface area contributed by atoms with Crippen LogP contribution >= 0.6 is 0 Å². The van der Waals surface area contributed by atoms with Gasteiger partial charge in [-0.15, -0.1) is 9.46 Å². The van der Waals surface area contributed by atoms with E-state index in [-0.39, 0.29) is 96.7 Å². The molecule has 0 spiro atoms. The molecule has 6 heterocycles. The predicted octanol–water partition coefficient (Wildman–Crippen LogP) is -3.61. The van der Waals surface area contributed by atoms with Gasteiger partial charge in [0, 0.05) is 69.4 Å². The van der Waals surface area contributed by atoms with Gasteiger partial charge in [0.25, 0.3) is 34.7 Å². The van der Waals surface area contributed by atoms with E-state index in [1.165, 1.54) is 0 Å². The zero-order chi connectivity index (χ0) is 29.9. The van der Waals surface area contributed by atoms with E-state index in [4.69, 9.17) is 10.5 Å². The quantitative estimate of drug-likeness (QED) is 0.125. The summed E-state index contributed by atoms with van der Waals surface area (Å²) in [6.07, 6.45) is 0. The number of pyridine rings is 2. The molecule has 0 fully saturated rings. The molecule has 4 amide bonds. The first-order valence-electron chi connectivity index (χ1n) is 12.7. The van der Waals surface area contributed by atoms with Crippen LogP contribution in [0.4, 0.5) is 0 Å². The van der Waals surface area contributed by atoms with Crippen molar-refractivity contribution < 1.29 is 51.4 Å². The van der Waals surface area contributed by atoms with Crippen LogP contribution in [-0.4, -0.2) is 114 Å². The molecule has 8 N–H and O–H groups in total. The van der Waals surface area contributed by atoms with Crippen molar-refractivity contribution in [2.75, 3.05) is 65.6 Å². The van der Waals surface area contributed by atoms with Gasteiger partial charge in [-0.1, -0.05) is 0 Å². The van der Waals surface area contributed by atoms with Crippen molar-refractivity contribution in [3.05, 3.63) is 67.5 Å². The van der Waals surface area contributed by atoms with E-state index in [1.54, 1.807) is 0 Å². The first kappa shape index (κ1) is 34.0. The van der Waals surface area contributed by atoms with Crippen molar-refractivity contribution >= 4 is 23.6 Å². The van der Waals surface area contributed by atoms with Crippen LogP contribution in [0.3, 0.4) is 0 Å². The molecule has 0 aliphatic carbocycles. The fourth-order valence-corrected chi connectivity index (χ4v) is 3.86. The molecule has 42 heavy (non-hydrogen) atoms. The van der Waals surface area contributed by atoms with E-state index in [1.807, 2.05) is 4.90 Å². The number of hydrogen-bond donors (Lipinski definition) is 7. The molecule has 0 saturated carbocycles. The molecular weight excluding hydrogens is 608 g/mol. The van der Waals surface area contributed by atoms with E-state index in [2.05, 4.69) is 21.3 Å². The normalized spacial score (nSPS) is 16.6. The van der Waals surface area contributed by atoms with E-state index >= 15 is 0 Å². The van der Waals surface area contributed by atoms with E-state index in [0.717, 1.165) is 24.3 Å². The van der Waals surface area contributed by atoms with Gasteiger partial charge in [-0.3, -0.25) is 33.7 Å². The van der Waals surface area contributed by atoms with Crippen molar-refractivity contribution in [2.45, 2.75) is 0 Å². The maximum absolute atomic E-state index is 12.5. The number of ether oxygens (including phenoxy) is 1. The van der Waals surface area contributed by atoms with Crippen LogP contribution in [0.5, 0.6) is 0 Å². The molecule has 0 atom stereocenters. The third-order valence-corrected chi connectivity index (χ3v) is 6.01. The fourth-order valence-electron chi connectivity index (χ4n) is 3.86. The molecule has 0 unspecified atom stereocenters. The number of aromatic nitrogens is 2. The van der Waals surface area contributed by atoms with Crippen LogP contribution in [0, 0.1) is 0 Å². The molecule has 1 radical (unpaired) electrons. The second kappa shape index (κ2) is 16.3. The Hall–Kier alpha value is -4.22. The number of nitrogens with two attached hydrogens (primary N) is 1. The van der Waals surface area contributed by atoms with Crippen molar-refractivity contribution in [3.63, 3.8) is 0 Å². The van der Waals surface area contributed by atoms with Crippen LogP contribution in [-0.2, 0) is 21.8 Å². The maximum Gasteiger partial charge on any atom is 0.296 e. The summed E-state index contributed by atoms with van der Waals surface area (Å²) in [6.45, 7) is 1.38. The fraction of sp³-hybridized carbons (Fsp3) is 0.417. The topological polar surface area (TPSA) is 239 Å². The molecule has 0 aromatic carbocycles. The van der Waals surface area contributed by atoms with Gasteiger partial charge in [-0.25, -0.2) is 0 Å². The van der Waals surface area contributed by atoms with E-state index in [0.29, 0.717) is 6.54 Å². The minimum Gasteiger partial charge on any atom is -0.425 e. The number of amides is 4. The first-order valence-corrected chi connectivity index (χ1v) is 12.7. The van der Waals surface area contributed by atoms with Gasteiger partial charge in [-0.2, -0.15) is 0 Å². The average Bonchev–Trinajstić information content (AvgIpc) is 2.94. The molecule has 17 nitrogen and oxygen atoms in total. The SMILES string of the molecule is NCCN1CCNC(=O)c2ccc(n(O)c2=O)C(=O)NCCOCCNC(=O)c2ccc(c(=O)n2O)C(=O)NCC1.[Cu]. The zero-order valence-electron chi connectivity index (χ0n) is 22.4. The van der Waals surface area contributed by atoms with Crippen LogP contribution in [0.15, 0.2) is 33.9 Å². The van der Waals surface area contributed by atoms with Crippen LogP contribution < -0.4 is 38.1 Å².